The molecule has 0 aromatic heterocycles. The molecule has 0 spiro atoms. The van der Waals surface area contributed by atoms with Crippen molar-refractivity contribution in [1.82, 2.24) is 10.7 Å². The third-order valence-electron chi connectivity index (χ3n) is 2.71. The second kappa shape index (κ2) is 11.9. The molecule has 1 rings (SSSR count). The fraction of sp³-hybridized carbons (Fsp3) is 0.353. The summed E-state index contributed by atoms with van der Waals surface area (Å²) in [6, 6.07) is 5.25. The number of hydrazone groups is 1. The SMILES string of the molecule is C=CCNC(=S)NN=Cc1ccc(OCC(=O)OCC)c(OCC)c1. The molecule has 0 heterocycles. The van der Waals surface area contributed by atoms with Gasteiger partial charge in [-0.05, 0) is 49.8 Å². The van der Waals surface area contributed by atoms with Gasteiger partial charge in [-0.3, -0.25) is 5.43 Å². The highest BCUT2D eigenvalue weighted by Crippen LogP contribution is 2.28. The van der Waals surface area contributed by atoms with E-state index >= 15 is 0 Å². The molecule has 1 aromatic carbocycles. The smallest absolute Gasteiger partial charge is 0.344 e. The van der Waals surface area contributed by atoms with Crippen LogP contribution in [-0.2, 0) is 9.53 Å². The van der Waals surface area contributed by atoms with Crippen molar-refractivity contribution in [3.05, 3.63) is 36.4 Å². The van der Waals surface area contributed by atoms with Crippen molar-refractivity contribution in [2.45, 2.75) is 13.8 Å². The lowest BCUT2D eigenvalue weighted by atomic mass is 10.2. The predicted octanol–water partition coefficient (Wildman–Crippen LogP) is 2.01. The Bertz CT molecular complexity index is 620. The van der Waals surface area contributed by atoms with Crippen molar-refractivity contribution in [3.63, 3.8) is 0 Å². The molecule has 0 aliphatic heterocycles. The number of esters is 1. The number of nitrogens with zero attached hydrogens (tertiary/aromatic N) is 1. The van der Waals surface area contributed by atoms with Crippen LogP contribution in [0.15, 0.2) is 36.0 Å². The lowest BCUT2D eigenvalue weighted by Crippen LogP contribution is -2.31. The zero-order valence-electron chi connectivity index (χ0n) is 14.4. The number of benzene rings is 1. The van der Waals surface area contributed by atoms with Gasteiger partial charge in [-0.25, -0.2) is 4.79 Å². The zero-order valence-corrected chi connectivity index (χ0v) is 15.2. The second-order valence-corrected chi connectivity index (χ2v) is 5.01. The Balaban J connectivity index is 2.70. The highest BCUT2D eigenvalue weighted by Gasteiger charge is 2.09. The van der Waals surface area contributed by atoms with Gasteiger partial charge in [0, 0.05) is 6.54 Å². The molecule has 0 atom stereocenters. The Morgan fingerprint density at radius 2 is 2.08 bits per heavy atom. The molecule has 7 nitrogen and oxygen atoms in total. The molecule has 136 valence electrons. The summed E-state index contributed by atoms with van der Waals surface area (Å²) in [5, 5.41) is 7.34. The van der Waals surface area contributed by atoms with Crippen molar-refractivity contribution in [3.8, 4) is 11.5 Å². The molecule has 0 amide bonds. The van der Waals surface area contributed by atoms with Crippen LogP contribution in [0.1, 0.15) is 19.4 Å². The van der Waals surface area contributed by atoms with E-state index in [1.165, 1.54) is 0 Å². The summed E-state index contributed by atoms with van der Waals surface area (Å²) >= 11 is 5.03. The lowest BCUT2D eigenvalue weighted by Gasteiger charge is -2.12. The number of ether oxygens (including phenoxy) is 3. The first kappa shape index (κ1) is 20.4. The highest BCUT2D eigenvalue weighted by atomic mass is 32.1. The lowest BCUT2D eigenvalue weighted by molar-refractivity contribution is -0.145. The van der Waals surface area contributed by atoms with Crippen LogP contribution in [0.4, 0.5) is 0 Å². The van der Waals surface area contributed by atoms with Gasteiger partial charge < -0.3 is 19.5 Å². The summed E-state index contributed by atoms with van der Waals surface area (Å²) in [5.74, 6) is 0.548. The highest BCUT2D eigenvalue weighted by molar-refractivity contribution is 7.80. The Morgan fingerprint density at radius 1 is 1.28 bits per heavy atom. The number of hydrogen-bond acceptors (Lipinski definition) is 6. The fourth-order valence-corrected chi connectivity index (χ4v) is 1.84. The van der Waals surface area contributed by atoms with Crippen LogP contribution in [0, 0.1) is 0 Å². The van der Waals surface area contributed by atoms with E-state index in [1.54, 1.807) is 37.4 Å². The Labute approximate surface area is 153 Å². The van der Waals surface area contributed by atoms with Crippen LogP contribution in [-0.4, -0.2) is 43.7 Å². The molecule has 0 aliphatic rings. The molecule has 0 fully saturated rings. The third kappa shape index (κ3) is 8.16. The fourth-order valence-electron chi connectivity index (χ4n) is 1.70. The molecule has 0 saturated carbocycles. The second-order valence-electron chi connectivity index (χ2n) is 4.60. The first-order valence-corrected chi connectivity index (χ1v) is 8.24. The van der Waals surface area contributed by atoms with Crippen LogP contribution in [0.5, 0.6) is 11.5 Å². The minimum Gasteiger partial charge on any atom is -0.490 e. The van der Waals surface area contributed by atoms with Crippen LogP contribution in [0.25, 0.3) is 0 Å². The van der Waals surface area contributed by atoms with Crippen molar-refractivity contribution >= 4 is 29.5 Å². The van der Waals surface area contributed by atoms with E-state index in [4.69, 9.17) is 26.4 Å². The maximum atomic E-state index is 11.4. The van der Waals surface area contributed by atoms with E-state index in [2.05, 4.69) is 22.4 Å². The van der Waals surface area contributed by atoms with Gasteiger partial charge in [0.05, 0.1) is 19.4 Å². The van der Waals surface area contributed by atoms with Crippen molar-refractivity contribution in [1.29, 1.82) is 0 Å². The van der Waals surface area contributed by atoms with Crippen molar-refractivity contribution in [2.24, 2.45) is 5.10 Å². The van der Waals surface area contributed by atoms with E-state index in [0.29, 0.717) is 36.4 Å². The Hall–Kier alpha value is -2.61. The normalized spacial score (nSPS) is 10.2. The van der Waals surface area contributed by atoms with E-state index in [0.717, 1.165) is 5.56 Å². The minimum atomic E-state index is -0.430. The summed E-state index contributed by atoms with van der Waals surface area (Å²) in [6.07, 6.45) is 3.29. The molecule has 0 radical (unpaired) electrons. The predicted molar refractivity (Wildman–Crippen MR) is 101 cm³/mol. The minimum absolute atomic E-state index is 0.174. The van der Waals surface area contributed by atoms with Crippen LogP contribution >= 0.6 is 12.2 Å². The Morgan fingerprint density at radius 3 is 2.76 bits per heavy atom. The average Bonchev–Trinajstić information content (AvgIpc) is 2.60. The zero-order chi connectivity index (χ0) is 18.5. The third-order valence-corrected chi connectivity index (χ3v) is 2.94. The molecular weight excluding hydrogens is 342 g/mol. The van der Waals surface area contributed by atoms with E-state index in [-0.39, 0.29) is 6.61 Å². The standard InChI is InChI=1S/C17H23N3O4S/c1-4-9-18-17(25)20-19-11-13-7-8-14(15(10-13)22-5-2)24-12-16(21)23-6-3/h4,7-8,10-11H,1,5-6,9,12H2,2-3H3,(H2,18,20,25). The number of carbonyl (C=O) groups excluding carboxylic acids is 1. The monoisotopic (exact) mass is 365 g/mol. The molecule has 0 unspecified atom stereocenters. The van der Waals surface area contributed by atoms with Gasteiger partial charge in [0.25, 0.3) is 0 Å². The Kier molecular flexibility index (Phi) is 9.69. The van der Waals surface area contributed by atoms with Gasteiger partial charge in [0.2, 0.25) is 0 Å². The summed E-state index contributed by atoms with van der Waals surface area (Å²) in [7, 11) is 0. The van der Waals surface area contributed by atoms with Gasteiger partial charge in [-0.15, -0.1) is 6.58 Å². The molecule has 0 saturated heterocycles. The van der Waals surface area contributed by atoms with Crippen LogP contribution < -0.4 is 20.2 Å². The molecule has 8 heteroatoms. The van der Waals surface area contributed by atoms with Gasteiger partial charge in [0.1, 0.15) is 0 Å². The van der Waals surface area contributed by atoms with E-state index in [9.17, 15) is 4.79 Å². The van der Waals surface area contributed by atoms with E-state index in [1.807, 2.05) is 6.92 Å². The van der Waals surface area contributed by atoms with Crippen molar-refractivity contribution < 1.29 is 19.0 Å². The van der Waals surface area contributed by atoms with E-state index < -0.39 is 5.97 Å². The molecule has 0 aliphatic carbocycles. The summed E-state index contributed by atoms with van der Waals surface area (Å²) in [5.41, 5.74) is 3.48. The summed E-state index contributed by atoms with van der Waals surface area (Å²) in [4.78, 5) is 11.4. The number of nitrogens with one attached hydrogen (secondary N) is 2. The van der Waals surface area contributed by atoms with Crippen LogP contribution in [0.2, 0.25) is 0 Å². The van der Waals surface area contributed by atoms with Gasteiger partial charge in [0.15, 0.2) is 23.2 Å². The first-order chi connectivity index (χ1) is 12.1. The number of rotatable bonds is 10. The molecule has 0 bridgehead atoms. The summed E-state index contributed by atoms with van der Waals surface area (Å²) in [6.45, 7) is 8.35. The van der Waals surface area contributed by atoms with Gasteiger partial charge >= 0.3 is 5.97 Å². The molecule has 2 N–H and O–H groups in total. The number of thiocarbonyl (C=S) groups is 1. The molecular formula is C17H23N3O4S. The number of hydrogen-bond donors (Lipinski definition) is 2. The topological polar surface area (TPSA) is 81.2 Å². The summed E-state index contributed by atoms with van der Waals surface area (Å²) < 4.78 is 15.8. The quantitative estimate of drug-likeness (QED) is 0.216. The van der Waals surface area contributed by atoms with Crippen LogP contribution in [0.3, 0.4) is 0 Å². The first-order valence-electron chi connectivity index (χ1n) is 7.83. The molecule has 1 aromatic rings. The average molecular weight is 365 g/mol. The van der Waals surface area contributed by atoms with Gasteiger partial charge in [-0.1, -0.05) is 6.08 Å². The number of carbonyl (C=O) groups is 1. The maximum Gasteiger partial charge on any atom is 0.344 e. The maximum absolute atomic E-state index is 11.4. The van der Waals surface area contributed by atoms with Crippen molar-refractivity contribution in [2.75, 3.05) is 26.4 Å². The van der Waals surface area contributed by atoms with Gasteiger partial charge in [-0.2, -0.15) is 5.10 Å². The largest absolute Gasteiger partial charge is 0.490 e. The molecule has 25 heavy (non-hydrogen) atoms.